The van der Waals surface area contributed by atoms with Crippen LogP contribution < -0.4 is 5.73 Å². The van der Waals surface area contributed by atoms with E-state index in [9.17, 15) is 13.2 Å². The van der Waals surface area contributed by atoms with Gasteiger partial charge in [-0.25, -0.2) is 8.42 Å². The second-order valence-corrected chi connectivity index (χ2v) is 11.7. The van der Waals surface area contributed by atoms with Gasteiger partial charge in [0, 0.05) is 37.1 Å². The van der Waals surface area contributed by atoms with Gasteiger partial charge in [0.1, 0.15) is 4.21 Å². The molecule has 3 heterocycles. The van der Waals surface area contributed by atoms with Crippen molar-refractivity contribution in [2.45, 2.75) is 50.3 Å². The van der Waals surface area contributed by atoms with E-state index in [0.717, 1.165) is 24.1 Å². The molecule has 1 aromatic rings. The zero-order chi connectivity index (χ0) is 19.1. The van der Waals surface area contributed by atoms with Gasteiger partial charge in [-0.2, -0.15) is 4.31 Å². The van der Waals surface area contributed by atoms with Crippen molar-refractivity contribution < 1.29 is 13.2 Å². The van der Waals surface area contributed by atoms with E-state index in [0.29, 0.717) is 23.8 Å². The second-order valence-electron chi connectivity index (χ2n) is 8.21. The van der Waals surface area contributed by atoms with Crippen LogP contribution in [0.2, 0.25) is 0 Å². The molecule has 0 radical (unpaired) electrons. The fraction of sp³-hybridized carbons (Fsp3) is 0.722. The number of likely N-dealkylation sites (tertiary alicyclic amines) is 1. The molecule has 3 rings (SSSR count). The number of carbonyl (C=O) groups excluding carboxylic acids is 1. The first-order valence-corrected chi connectivity index (χ1v) is 11.5. The molecule has 2 unspecified atom stereocenters. The van der Waals surface area contributed by atoms with Crippen LogP contribution in [-0.2, 0) is 14.8 Å². The predicted molar refractivity (Wildman–Crippen MR) is 103 cm³/mol. The van der Waals surface area contributed by atoms with E-state index in [1.807, 2.05) is 17.9 Å². The Kier molecular flexibility index (Phi) is 5.50. The van der Waals surface area contributed by atoms with Crippen LogP contribution in [-0.4, -0.2) is 55.8 Å². The predicted octanol–water partition coefficient (Wildman–Crippen LogP) is 2.04. The van der Waals surface area contributed by atoms with Crippen molar-refractivity contribution in [2.75, 3.05) is 26.2 Å². The lowest BCUT2D eigenvalue weighted by Crippen LogP contribution is -2.56. The Balaban J connectivity index is 1.71. The normalized spacial score (nSPS) is 27.5. The molecule has 1 aromatic heterocycles. The Morgan fingerprint density at radius 2 is 2.00 bits per heavy atom. The molecule has 1 amide bonds. The van der Waals surface area contributed by atoms with Crippen molar-refractivity contribution in [1.29, 1.82) is 0 Å². The average Bonchev–Trinajstić information content (AvgIpc) is 3.04. The summed E-state index contributed by atoms with van der Waals surface area (Å²) >= 11 is 1.29. The first kappa shape index (κ1) is 19.8. The van der Waals surface area contributed by atoms with Crippen molar-refractivity contribution in [3.05, 3.63) is 17.0 Å². The van der Waals surface area contributed by atoms with E-state index < -0.39 is 10.0 Å². The molecular weight excluding hydrogens is 370 g/mol. The zero-order valence-electron chi connectivity index (χ0n) is 15.8. The molecule has 0 bridgehead atoms. The molecule has 0 saturated carbocycles. The molecule has 2 N–H and O–H groups in total. The Hall–Kier alpha value is -0.960. The Bertz CT molecular complexity index is 772. The maximum Gasteiger partial charge on any atom is 0.252 e. The Morgan fingerprint density at radius 3 is 2.62 bits per heavy atom. The number of aryl methyl sites for hydroxylation is 1. The van der Waals surface area contributed by atoms with E-state index in [2.05, 4.69) is 13.8 Å². The molecule has 0 spiro atoms. The van der Waals surface area contributed by atoms with Crippen molar-refractivity contribution in [3.63, 3.8) is 0 Å². The molecule has 8 heteroatoms. The Labute approximate surface area is 160 Å². The maximum absolute atomic E-state index is 13.0. The third kappa shape index (κ3) is 3.83. The van der Waals surface area contributed by atoms with E-state index in [-0.39, 0.29) is 29.8 Å². The van der Waals surface area contributed by atoms with Crippen LogP contribution in [0, 0.1) is 18.3 Å². The molecule has 26 heavy (non-hydrogen) atoms. The third-order valence-electron chi connectivity index (χ3n) is 5.67. The van der Waals surface area contributed by atoms with Crippen molar-refractivity contribution >= 4 is 27.3 Å². The van der Waals surface area contributed by atoms with E-state index in [4.69, 9.17) is 5.73 Å². The topological polar surface area (TPSA) is 83.7 Å². The van der Waals surface area contributed by atoms with Gasteiger partial charge < -0.3 is 10.6 Å². The fourth-order valence-electron chi connectivity index (χ4n) is 3.86. The third-order valence-corrected chi connectivity index (χ3v) is 9.00. The number of nitrogens with two attached hydrogens (primary N) is 1. The van der Waals surface area contributed by atoms with Crippen molar-refractivity contribution in [3.8, 4) is 0 Å². The molecule has 2 saturated heterocycles. The smallest absolute Gasteiger partial charge is 0.252 e. The van der Waals surface area contributed by atoms with Crippen LogP contribution in [0.3, 0.4) is 0 Å². The maximum atomic E-state index is 13.0. The Morgan fingerprint density at radius 1 is 1.27 bits per heavy atom. The van der Waals surface area contributed by atoms with Gasteiger partial charge in [-0.3, -0.25) is 4.79 Å². The van der Waals surface area contributed by atoms with Crippen molar-refractivity contribution in [1.82, 2.24) is 9.21 Å². The van der Waals surface area contributed by atoms with Gasteiger partial charge in [0.2, 0.25) is 5.91 Å². The summed E-state index contributed by atoms with van der Waals surface area (Å²) in [7, 11) is -3.51. The highest BCUT2D eigenvalue weighted by Gasteiger charge is 2.40. The number of rotatable bonds is 3. The first-order chi connectivity index (χ1) is 12.1. The highest BCUT2D eigenvalue weighted by atomic mass is 32.2. The summed E-state index contributed by atoms with van der Waals surface area (Å²) in [6.45, 7) is 8.15. The minimum absolute atomic E-state index is 0.0761. The first-order valence-electron chi connectivity index (χ1n) is 9.22. The summed E-state index contributed by atoms with van der Waals surface area (Å²) in [5.41, 5.74) is 6.07. The van der Waals surface area contributed by atoms with Crippen LogP contribution in [0.15, 0.2) is 16.3 Å². The lowest BCUT2D eigenvalue weighted by Gasteiger charge is -2.44. The number of thiophene rings is 1. The molecule has 0 aromatic carbocycles. The van der Waals surface area contributed by atoms with E-state index in [1.54, 1.807) is 6.07 Å². The monoisotopic (exact) mass is 399 g/mol. The number of piperidine rings is 2. The van der Waals surface area contributed by atoms with Crippen molar-refractivity contribution in [2.24, 2.45) is 17.1 Å². The molecule has 6 nitrogen and oxygen atoms in total. The summed E-state index contributed by atoms with van der Waals surface area (Å²) in [6, 6.07) is 3.58. The quantitative estimate of drug-likeness (QED) is 0.843. The van der Waals surface area contributed by atoms with Gasteiger partial charge in [0.15, 0.2) is 0 Å². The molecule has 2 atom stereocenters. The summed E-state index contributed by atoms with van der Waals surface area (Å²) in [6.07, 6.45) is 2.26. The molecule has 2 aliphatic heterocycles. The van der Waals surface area contributed by atoms with Gasteiger partial charge >= 0.3 is 0 Å². The van der Waals surface area contributed by atoms with Crippen LogP contribution in [0.25, 0.3) is 0 Å². The summed E-state index contributed by atoms with van der Waals surface area (Å²) < 4.78 is 27.6. The summed E-state index contributed by atoms with van der Waals surface area (Å²) in [5, 5.41) is 0. The van der Waals surface area contributed by atoms with Crippen LogP contribution in [0.1, 0.15) is 38.0 Å². The lowest BCUT2D eigenvalue weighted by molar-refractivity contribution is -0.140. The number of hydrogen-bond donors (Lipinski definition) is 1. The minimum atomic E-state index is -3.51. The lowest BCUT2D eigenvalue weighted by atomic mass is 9.79. The van der Waals surface area contributed by atoms with Gasteiger partial charge in [-0.05, 0) is 43.7 Å². The SMILES string of the molecule is Cc1ccc(S(=O)(=O)N2CCCC(C(=O)N3CCC(N)C(C)(C)C3)C2)s1. The van der Waals surface area contributed by atoms with Gasteiger partial charge in [0.05, 0.1) is 5.92 Å². The van der Waals surface area contributed by atoms with E-state index in [1.165, 1.54) is 15.6 Å². The number of carbonyl (C=O) groups is 1. The molecule has 146 valence electrons. The molecule has 2 fully saturated rings. The van der Waals surface area contributed by atoms with Crippen LogP contribution in [0.4, 0.5) is 0 Å². The molecular formula is C18H29N3O3S2. The highest BCUT2D eigenvalue weighted by Crippen LogP contribution is 2.32. The largest absolute Gasteiger partial charge is 0.342 e. The summed E-state index contributed by atoms with van der Waals surface area (Å²) in [4.78, 5) is 15.9. The van der Waals surface area contributed by atoms with E-state index >= 15 is 0 Å². The van der Waals surface area contributed by atoms with Gasteiger partial charge in [-0.15, -0.1) is 11.3 Å². The van der Waals surface area contributed by atoms with Crippen LogP contribution in [0.5, 0.6) is 0 Å². The van der Waals surface area contributed by atoms with Crippen LogP contribution >= 0.6 is 11.3 Å². The number of sulfonamides is 1. The number of hydrogen-bond acceptors (Lipinski definition) is 5. The number of nitrogens with zero attached hydrogens (tertiary/aromatic N) is 2. The molecule has 2 aliphatic rings. The second kappa shape index (κ2) is 7.22. The van der Waals surface area contributed by atoms with Gasteiger partial charge in [0.25, 0.3) is 10.0 Å². The standard InChI is InChI=1S/C18H29N3O3S2/c1-13-6-7-16(25-13)26(23,24)21-9-4-5-14(11-21)17(22)20-10-8-15(19)18(2,3)12-20/h6-7,14-15H,4-5,8-12,19H2,1-3H3. The number of amides is 1. The summed E-state index contributed by atoms with van der Waals surface area (Å²) in [5.74, 6) is -0.183. The van der Waals surface area contributed by atoms with Gasteiger partial charge in [-0.1, -0.05) is 13.8 Å². The minimum Gasteiger partial charge on any atom is -0.342 e. The highest BCUT2D eigenvalue weighted by molar-refractivity contribution is 7.91. The molecule has 0 aliphatic carbocycles. The zero-order valence-corrected chi connectivity index (χ0v) is 17.4. The fourth-order valence-corrected chi connectivity index (χ4v) is 6.82. The average molecular weight is 400 g/mol.